The fourth-order valence-electron chi connectivity index (χ4n) is 1.19. The quantitative estimate of drug-likeness (QED) is 0.579. The Balaban J connectivity index is 2.28. The summed E-state index contributed by atoms with van der Waals surface area (Å²) < 4.78 is 0.496. The molecular weight excluding hydrogens is 152 g/mol. The van der Waals surface area contributed by atoms with Gasteiger partial charge in [0, 0.05) is 10.6 Å². The summed E-state index contributed by atoms with van der Waals surface area (Å²) in [6, 6.07) is 0. The van der Waals surface area contributed by atoms with E-state index in [0.717, 1.165) is 5.88 Å². The Hall–Kier alpha value is 0.640. The van der Waals surface area contributed by atoms with Crippen LogP contribution in [0.1, 0.15) is 26.2 Å². The number of thioether (sulfide) groups is 1. The summed E-state index contributed by atoms with van der Waals surface area (Å²) in [5.74, 6) is 2.07. The topological polar surface area (TPSA) is 0 Å². The molecule has 0 spiro atoms. The molecule has 0 unspecified atom stereocenters. The van der Waals surface area contributed by atoms with Crippen LogP contribution in [0.15, 0.2) is 0 Å². The number of halogens is 1. The third-order valence-electron chi connectivity index (χ3n) is 1.96. The number of rotatable bonds is 3. The van der Waals surface area contributed by atoms with E-state index in [4.69, 9.17) is 11.6 Å². The Morgan fingerprint density at radius 3 is 2.33 bits per heavy atom. The van der Waals surface area contributed by atoms with Crippen molar-refractivity contribution in [2.45, 2.75) is 30.9 Å². The van der Waals surface area contributed by atoms with Gasteiger partial charge in [-0.25, -0.2) is 0 Å². The van der Waals surface area contributed by atoms with E-state index >= 15 is 0 Å². The van der Waals surface area contributed by atoms with E-state index in [1.54, 1.807) is 0 Å². The van der Waals surface area contributed by atoms with Gasteiger partial charge in [0.15, 0.2) is 0 Å². The van der Waals surface area contributed by atoms with Gasteiger partial charge in [0.25, 0.3) is 0 Å². The van der Waals surface area contributed by atoms with Crippen LogP contribution < -0.4 is 0 Å². The van der Waals surface area contributed by atoms with Gasteiger partial charge in [-0.15, -0.1) is 11.6 Å². The fraction of sp³-hybridized carbons (Fsp3) is 1.00. The van der Waals surface area contributed by atoms with Crippen LogP contribution in [0.3, 0.4) is 0 Å². The lowest BCUT2D eigenvalue weighted by Crippen LogP contribution is -2.35. The second kappa shape index (κ2) is 3.16. The highest BCUT2D eigenvalue weighted by Crippen LogP contribution is 2.44. The Morgan fingerprint density at radius 1 is 1.56 bits per heavy atom. The van der Waals surface area contributed by atoms with Gasteiger partial charge >= 0.3 is 0 Å². The Labute approximate surface area is 66.3 Å². The van der Waals surface area contributed by atoms with Crippen molar-refractivity contribution in [3.05, 3.63) is 0 Å². The highest BCUT2D eigenvalue weighted by molar-refractivity contribution is 8.00. The normalized spacial score (nSPS) is 23.3. The lowest BCUT2D eigenvalue weighted by molar-refractivity contribution is 0.397. The van der Waals surface area contributed by atoms with E-state index in [2.05, 4.69) is 6.92 Å². The van der Waals surface area contributed by atoms with E-state index in [9.17, 15) is 0 Å². The van der Waals surface area contributed by atoms with Gasteiger partial charge in [0.2, 0.25) is 0 Å². The van der Waals surface area contributed by atoms with Crippen LogP contribution in [0.5, 0.6) is 0 Å². The van der Waals surface area contributed by atoms with Gasteiger partial charge in [-0.1, -0.05) is 13.3 Å². The first-order valence-corrected chi connectivity index (χ1v) is 5.05. The van der Waals surface area contributed by atoms with E-state index in [0.29, 0.717) is 4.75 Å². The molecule has 0 heterocycles. The summed E-state index contributed by atoms with van der Waals surface area (Å²) in [6.07, 6.45) is 4.07. The average molecular weight is 165 g/mol. The molecule has 54 valence electrons. The minimum atomic E-state index is 0.496. The molecular formula is C7H13ClS. The molecule has 1 rings (SSSR count). The maximum Gasteiger partial charge on any atom is 0.0370 e. The third-order valence-corrected chi connectivity index (χ3v) is 4.08. The molecule has 1 saturated carbocycles. The molecule has 0 saturated heterocycles. The first-order chi connectivity index (χ1) is 4.33. The smallest absolute Gasteiger partial charge is 0.0370 e. The Kier molecular flexibility index (Phi) is 2.72. The lowest BCUT2D eigenvalue weighted by Gasteiger charge is -2.39. The van der Waals surface area contributed by atoms with E-state index in [-0.39, 0.29) is 0 Å². The lowest BCUT2D eigenvalue weighted by atomic mass is 9.86. The molecule has 1 aliphatic rings. The first kappa shape index (κ1) is 7.74. The number of hydrogen-bond donors (Lipinski definition) is 0. The minimum absolute atomic E-state index is 0.496. The minimum Gasteiger partial charge on any atom is -0.154 e. The summed E-state index contributed by atoms with van der Waals surface area (Å²) in [6.45, 7) is 2.21. The zero-order valence-corrected chi connectivity index (χ0v) is 7.39. The van der Waals surface area contributed by atoms with Gasteiger partial charge < -0.3 is 0 Å². The molecule has 0 bridgehead atoms. The van der Waals surface area contributed by atoms with Gasteiger partial charge in [-0.05, 0) is 18.6 Å². The van der Waals surface area contributed by atoms with Crippen molar-refractivity contribution in [1.82, 2.24) is 0 Å². The summed E-state index contributed by atoms with van der Waals surface area (Å²) in [5.41, 5.74) is 0. The molecule has 2 heteroatoms. The maximum absolute atomic E-state index is 5.82. The molecule has 0 radical (unpaired) electrons. The van der Waals surface area contributed by atoms with Crippen molar-refractivity contribution >= 4 is 23.4 Å². The molecule has 1 fully saturated rings. The van der Waals surface area contributed by atoms with Gasteiger partial charge in [-0.3, -0.25) is 0 Å². The fourth-order valence-corrected chi connectivity index (χ4v) is 2.96. The summed E-state index contributed by atoms with van der Waals surface area (Å²) >= 11 is 7.85. The third kappa shape index (κ3) is 1.56. The van der Waals surface area contributed by atoms with Crippen LogP contribution in [0, 0.1) is 0 Å². The van der Waals surface area contributed by atoms with Gasteiger partial charge in [0.05, 0.1) is 0 Å². The first-order valence-electron chi connectivity index (χ1n) is 3.53. The van der Waals surface area contributed by atoms with Crippen molar-refractivity contribution in [1.29, 1.82) is 0 Å². The van der Waals surface area contributed by atoms with Crippen molar-refractivity contribution in [2.24, 2.45) is 0 Å². The molecule has 0 amide bonds. The van der Waals surface area contributed by atoms with Gasteiger partial charge in [-0.2, -0.15) is 11.8 Å². The summed E-state index contributed by atoms with van der Waals surface area (Å²) in [7, 11) is 0. The summed E-state index contributed by atoms with van der Waals surface area (Å²) in [4.78, 5) is 0. The van der Waals surface area contributed by atoms with E-state index < -0.39 is 0 Å². The molecule has 0 nitrogen and oxygen atoms in total. The van der Waals surface area contributed by atoms with Crippen LogP contribution in [0.4, 0.5) is 0 Å². The zero-order chi connectivity index (χ0) is 6.74. The molecule has 0 aromatic heterocycles. The summed E-state index contributed by atoms with van der Waals surface area (Å²) in [5, 5.41) is 0. The van der Waals surface area contributed by atoms with E-state index in [1.807, 2.05) is 11.8 Å². The zero-order valence-electron chi connectivity index (χ0n) is 5.82. The SMILES string of the molecule is CCSC1(CCl)CCC1. The monoisotopic (exact) mass is 164 g/mol. The van der Waals surface area contributed by atoms with Crippen LogP contribution in [-0.2, 0) is 0 Å². The van der Waals surface area contributed by atoms with Gasteiger partial charge in [0.1, 0.15) is 0 Å². The van der Waals surface area contributed by atoms with Crippen LogP contribution in [0.25, 0.3) is 0 Å². The van der Waals surface area contributed by atoms with Crippen molar-refractivity contribution in [3.8, 4) is 0 Å². The Bertz CT molecular complexity index is 83.4. The molecule has 1 aliphatic carbocycles. The standard InChI is InChI=1S/C7H13ClS/c1-2-9-7(6-8)4-3-5-7/h2-6H2,1H3. The van der Waals surface area contributed by atoms with Crippen molar-refractivity contribution < 1.29 is 0 Å². The molecule has 0 atom stereocenters. The average Bonchev–Trinajstić information content (AvgIpc) is 1.79. The Morgan fingerprint density at radius 2 is 2.22 bits per heavy atom. The number of hydrogen-bond acceptors (Lipinski definition) is 1. The number of alkyl halides is 1. The molecule has 0 aromatic carbocycles. The molecule has 0 aromatic rings. The van der Waals surface area contributed by atoms with Crippen molar-refractivity contribution in [2.75, 3.05) is 11.6 Å². The van der Waals surface area contributed by atoms with E-state index in [1.165, 1.54) is 25.0 Å². The highest BCUT2D eigenvalue weighted by Gasteiger charge is 2.35. The maximum atomic E-state index is 5.82. The van der Waals surface area contributed by atoms with Crippen LogP contribution >= 0.6 is 23.4 Å². The van der Waals surface area contributed by atoms with Crippen molar-refractivity contribution in [3.63, 3.8) is 0 Å². The van der Waals surface area contributed by atoms with Crippen LogP contribution in [0.2, 0.25) is 0 Å². The molecule has 9 heavy (non-hydrogen) atoms. The van der Waals surface area contributed by atoms with Crippen LogP contribution in [-0.4, -0.2) is 16.4 Å². The molecule has 0 N–H and O–H groups in total. The second-order valence-electron chi connectivity index (χ2n) is 2.60. The second-order valence-corrected chi connectivity index (χ2v) is 4.60. The predicted molar refractivity (Wildman–Crippen MR) is 45.4 cm³/mol. The molecule has 0 aliphatic heterocycles. The predicted octanol–water partition coefficient (Wildman–Crippen LogP) is 2.90. The highest BCUT2D eigenvalue weighted by atomic mass is 35.5. The largest absolute Gasteiger partial charge is 0.154 e.